The molecule has 4 amide bonds. The number of carboxylic acids is 1. The van der Waals surface area contributed by atoms with Gasteiger partial charge in [-0.1, -0.05) is 74.5 Å². The smallest absolute Gasteiger partial charge is 0.326 e. The molecule has 0 aromatic heterocycles. The molecule has 43 heavy (non-hydrogen) atoms. The number of amides is 4. The first-order valence-electron chi connectivity index (χ1n) is 14.9. The standard InChI is InChI=1S/C27H38N4O3.C5H7NO3/c1-19(2)25(31-15-9-14-29-27(31)34)26(33)30-22(16-20-10-5-3-6-11-20)18-24(32)23(28)17-21-12-7-4-8-13-21;7-4-2-1-3(6-4)5(8)9/h3-8,10-13,19,22-25,32H,9,14-18,28H2,1-2H3,(H,29,34)(H,30,33);3H,1-2H2,(H,6,7)(H,8,9)/t22?,23-,24?,25?;/m0./s1. The molecule has 0 aliphatic carbocycles. The Morgan fingerprint density at radius 2 is 1.63 bits per heavy atom. The molecule has 2 aliphatic heterocycles. The first-order chi connectivity index (χ1) is 20.5. The molecular weight excluding hydrogens is 550 g/mol. The minimum Gasteiger partial charge on any atom is -0.480 e. The number of nitrogens with zero attached hydrogens (tertiary/aromatic N) is 1. The summed E-state index contributed by atoms with van der Waals surface area (Å²) in [6.07, 6.45) is 2.24. The van der Waals surface area contributed by atoms with E-state index in [1.54, 1.807) is 4.90 Å². The summed E-state index contributed by atoms with van der Waals surface area (Å²) >= 11 is 0. The molecule has 0 saturated carbocycles. The number of carbonyl (C=O) groups excluding carboxylic acids is 3. The van der Waals surface area contributed by atoms with Crippen molar-refractivity contribution in [3.8, 4) is 0 Å². The van der Waals surface area contributed by atoms with Gasteiger partial charge in [-0.25, -0.2) is 9.59 Å². The lowest BCUT2D eigenvalue weighted by molar-refractivity contribution is -0.140. The molecule has 234 valence electrons. The molecule has 2 fully saturated rings. The Labute approximate surface area is 253 Å². The summed E-state index contributed by atoms with van der Waals surface area (Å²) in [7, 11) is 0. The third-order valence-corrected chi connectivity index (χ3v) is 7.65. The second kappa shape index (κ2) is 16.6. The van der Waals surface area contributed by atoms with E-state index in [0.29, 0.717) is 45.2 Å². The van der Waals surface area contributed by atoms with Crippen LogP contribution in [0.5, 0.6) is 0 Å². The van der Waals surface area contributed by atoms with Gasteiger partial charge in [0.15, 0.2) is 0 Å². The van der Waals surface area contributed by atoms with Crippen LogP contribution < -0.4 is 21.7 Å². The summed E-state index contributed by atoms with van der Waals surface area (Å²) in [5.41, 5.74) is 8.47. The highest BCUT2D eigenvalue weighted by Gasteiger charge is 2.35. The van der Waals surface area contributed by atoms with Gasteiger partial charge in [0.1, 0.15) is 12.1 Å². The van der Waals surface area contributed by atoms with Crippen LogP contribution in [0, 0.1) is 5.92 Å². The number of carbonyl (C=O) groups is 4. The largest absolute Gasteiger partial charge is 0.480 e. The van der Waals surface area contributed by atoms with E-state index in [1.165, 1.54) is 0 Å². The second-order valence-electron chi connectivity index (χ2n) is 11.5. The van der Waals surface area contributed by atoms with Crippen molar-refractivity contribution in [2.45, 2.75) is 82.6 Å². The van der Waals surface area contributed by atoms with E-state index in [9.17, 15) is 24.3 Å². The Morgan fingerprint density at radius 3 is 2.12 bits per heavy atom. The topological polar surface area (TPSA) is 174 Å². The zero-order valence-electron chi connectivity index (χ0n) is 24.9. The number of aliphatic hydroxyl groups excluding tert-OH is 1. The minimum absolute atomic E-state index is 0.0495. The van der Waals surface area contributed by atoms with E-state index in [2.05, 4.69) is 16.0 Å². The van der Waals surface area contributed by atoms with Gasteiger partial charge in [0, 0.05) is 31.6 Å². The lowest BCUT2D eigenvalue weighted by Crippen LogP contribution is -2.59. The molecule has 11 nitrogen and oxygen atoms in total. The van der Waals surface area contributed by atoms with E-state index < -0.39 is 30.2 Å². The summed E-state index contributed by atoms with van der Waals surface area (Å²) in [5, 5.41) is 27.5. The number of aliphatic carboxylic acids is 1. The Morgan fingerprint density at radius 1 is 1.02 bits per heavy atom. The first kappa shape index (κ1) is 33.5. The van der Waals surface area contributed by atoms with Gasteiger partial charge in [0.2, 0.25) is 11.8 Å². The number of hydrogen-bond donors (Lipinski definition) is 6. The molecule has 0 radical (unpaired) electrons. The van der Waals surface area contributed by atoms with Gasteiger partial charge in [0.25, 0.3) is 0 Å². The van der Waals surface area contributed by atoms with E-state index >= 15 is 0 Å². The Bertz CT molecular complexity index is 1200. The molecule has 2 aliphatic rings. The van der Waals surface area contributed by atoms with Crippen LogP contribution in [-0.2, 0) is 27.2 Å². The predicted octanol–water partition coefficient (Wildman–Crippen LogP) is 1.82. The van der Waals surface area contributed by atoms with E-state index in [4.69, 9.17) is 10.8 Å². The molecule has 7 N–H and O–H groups in total. The molecule has 2 heterocycles. The quantitative estimate of drug-likeness (QED) is 0.217. The molecule has 4 rings (SSSR count). The number of benzene rings is 2. The van der Waals surface area contributed by atoms with Crippen LogP contribution in [0.4, 0.5) is 4.79 Å². The summed E-state index contributed by atoms with van der Waals surface area (Å²) in [6, 6.07) is 17.5. The number of carboxylic acid groups (broad SMARTS) is 1. The van der Waals surface area contributed by atoms with Crippen molar-refractivity contribution < 1.29 is 29.4 Å². The lowest BCUT2D eigenvalue weighted by Gasteiger charge is -2.37. The number of aliphatic hydroxyl groups is 1. The maximum absolute atomic E-state index is 13.4. The number of rotatable bonds is 12. The highest BCUT2D eigenvalue weighted by atomic mass is 16.4. The number of urea groups is 1. The molecule has 2 saturated heterocycles. The summed E-state index contributed by atoms with van der Waals surface area (Å²) in [5.74, 6) is -1.36. The van der Waals surface area contributed by atoms with E-state index in [1.807, 2.05) is 74.5 Å². The number of nitrogens with two attached hydrogens (primary N) is 1. The van der Waals surface area contributed by atoms with Gasteiger partial charge < -0.3 is 36.8 Å². The maximum Gasteiger partial charge on any atom is 0.326 e. The van der Waals surface area contributed by atoms with Crippen LogP contribution in [0.2, 0.25) is 0 Å². The van der Waals surface area contributed by atoms with Crippen molar-refractivity contribution in [3.63, 3.8) is 0 Å². The van der Waals surface area contributed by atoms with Gasteiger partial charge in [-0.05, 0) is 49.1 Å². The number of hydrogen-bond acceptors (Lipinski definition) is 6. The highest BCUT2D eigenvalue weighted by molar-refractivity contribution is 5.88. The van der Waals surface area contributed by atoms with Gasteiger partial charge in [-0.2, -0.15) is 0 Å². The molecular formula is C32H45N5O6. The van der Waals surface area contributed by atoms with Crippen LogP contribution in [0.3, 0.4) is 0 Å². The third-order valence-electron chi connectivity index (χ3n) is 7.65. The first-order valence-corrected chi connectivity index (χ1v) is 14.9. The third kappa shape index (κ3) is 10.7. The SMILES string of the molecule is CC(C)C(C(=O)NC(Cc1ccccc1)CC(O)[C@@H](N)Cc1ccccc1)N1CCCNC1=O.O=C1CCC(C(=O)O)N1. The molecule has 5 atom stereocenters. The predicted molar refractivity (Wildman–Crippen MR) is 163 cm³/mol. The van der Waals surface area contributed by atoms with Crippen molar-refractivity contribution >= 4 is 23.8 Å². The number of nitrogens with one attached hydrogen (secondary N) is 3. The molecule has 2 aromatic rings. The van der Waals surface area contributed by atoms with Crippen molar-refractivity contribution in [1.29, 1.82) is 0 Å². The maximum atomic E-state index is 13.4. The zero-order valence-corrected chi connectivity index (χ0v) is 24.9. The van der Waals surface area contributed by atoms with Crippen molar-refractivity contribution in [2.75, 3.05) is 13.1 Å². The normalized spacial score (nSPS) is 19.3. The molecule has 2 aromatic carbocycles. The van der Waals surface area contributed by atoms with Crippen molar-refractivity contribution in [3.05, 3.63) is 71.8 Å². The molecule has 11 heteroatoms. The lowest BCUT2D eigenvalue weighted by atomic mass is 9.93. The fourth-order valence-electron chi connectivity index (χ4n) is 5.38. The zero-order chi connectivity index (χ0) is 31.4. The van der Waals surface area contributed by atoms with Gasteiger partial charge in [-0.15, -0.1) is 0 Å². The van der Waals surface area contributed by atoms with Crippen molar-refractivity contribution in [2.24, 2.45) is 11.7 Å². The summed E-state index contributed by atoms with van der Waals surface area (Å²) in [4.78, 5) is 48.0. The van der Waals surface area contributed by atoms with Gasteiger partial charge in [0.05, 0.1) is 6.10 Å². The van der Waals surface area contributed by atoms with Gasteiger partial charge in [-0.3, -0.25) is 9.59 Å². The van der Waals surface area contributed by atoms with Gasteiger partial charge >= 0.3 is 12.0 Å². The Kier molecular flexibility index (Phi) is 13.0. The molecule has 0 bridgehead atoms. The fraction of sp³-hybridized carbons (Fsp3) is 0.500. The second-order valence-corrected chi connectivity index (χ2v) is 11.5. The molecule has 0 spiro atoms. The van der Waals surface area contributed by atoms with E-state index in [0.717, 1.165) is 17.5 Å². The fourth-order valence-corrected chi connectivity index (χ4v) is 5.38. The summed E-state index contributed by atoms with van der Waals surface area (Å²) in [6.45, 7) is 5.08. The Hall–Kier alpha value is -3.96. The average molecular weight is 596 g/mol. The van der Waals surface area contributed by atoms with Crippen LogP contribution in [0.15, 0.2) is 60.7 Å². The van der Waals surface area contributed by atoms with Crippen LogP contribution in [0.1, 0.15) is 50.7 Å². The highest BCUT2D eigenvalue weighted by Crippen LogP contribution is 2.17. The average Bonchev–Trinajstić information content (AvgIpc) is 3.42. The minimum atomic E-state index is -0.944. The van der Waals surface area contributed by atoms with Crippen LogP contribution >= 0.6 is 0 Å². The van der Waals surface area contributed by atoms with Crippen LogP contribution in [-0.4, -0.2) is 82.3 Å². The Balaban J connectivity index is 0.000000480. The van der Waals surface area contributed by atoms with Crippen molar-refractivity contribution in [1.82, 2.24) is 20.9 Å². The summed E-state index contributed by atoms with van der Waals surface area (Å²) < 4.78 is 0. The monoisotopic (exact) mass is 595 g/mol. The molecule has 4 unspecified atom stereocenters. The van der Waals surface area contributed by atoms with E-state index in [-0.39, 0.29) is 29.8 Å². The van der Waals surface area contributed by atoms with Crippen LogP contribution in [0.25, 0.3) is 0 Å².